The molecule has 13 heavy (non-hydrogen) atoms. The Morgan fingerprint density at radius 2 is 2.23 bits per heavy atom. The lowest BCUT2D eigenvalue weighted by Gasteiger charge is -2.21. The van der Waals surface area contributed by atoms with Crippen LogP contribution in [0.25, 0.3) is 0 Å². The predicted octanol–water partition coefficient (Wildman–Crippen LogP) is -0.0726. The van der Waals surface area contributed by atoms with E-state index >= 15 is 0 Å². The number of methoxy groups -OCH3 is 1. The molecule has 1 aliphatic rings. The van der Waals surface area contributed by atoms with Crippen LogP contribution in [-0.2, 0) is 14.6 Å². The van der Waals surface area contributed by atoms with Gasteiger partial charge in [-0.15, -0.1) is 0 Å². The summed E-state index contributed by atoms with van der Waals surface area (Å²) in [5.74, 6) is 0.102. The van der Waals surface area contributed by atoms with Crippen molar-refractivity contribution in [2.75, 3.05) is 19.5 Å². The maximum atomic E-state index is 11.4. The molecule has 2 unspecified atom stereocenters. The van der Waals surface area contributed by atoms with Crippen molar-refractivity contribution >= 4 is 9.84 Å². The Kier molecular flexibility index (Phi) is 2.99. The fourth-order valence-electron chi connectivity index (χ4n) is 1.78. The topological polar surface area (TPSA) is 69.4 Å². The van der Waals surface area contributed by atoms with E-state index in [0.717, 1.165) is 0 Å². The molecule has 0 aliphatic carbocycles. The monoisotopic (exact) mass is 207 g/mol. The van der Waals surface area contributed by atoms with Crippen molar-refractivity contribution in [3.05, 3.63) is 0 Å². The van der Waals surface area contributed by atoms with Gasteiger partial charge in [0.25, 0.3) is 0 Å². The largest absolute Gasteiger partial charge is 0.385 e. The summed E-state index contributed by atoms with van der Waals surface area (Å²) in [6, 6.07) is 0. The molecule has 0 amide bonds. The number of rotatable bonds is 3. The number of hydrogen-bond donors (Lipinski definition) is 1. The van der Waals surface area contributed by atoms with E-state index in [1.165, 1.54) is 0 Å². The predicted molar refractivity (Wildman–Crippen MR) is 51.3 cm³/mol. The van der Waals surface area contributed by atoms with Gasteiger partial charge in [0.05, 0.1) is 11.0 Å². The smallest absolute Gasteiger partial charge is 0.154 e. The Balaban J connectivity index is 2.65. The first-order chi connectivity index (χ1) is 5.90. The standard InChI is InChI=1S/C8H17NO3S/c1-7-5-8(9,3-4-12-2)6-13(7,10)11/h7H,3-6,9H2,1-2H3. The third-order valence-corrected chi connectivity index (χ3v) is 4.97. The van der Waals surface area contributed by atoms with Crippen molar-refractivity contribution in [2.24, 2.45) is 5.73 Å². The van der Waals surface area contributed by atoms with Gasteiger partial charge in [-0.1, -0.05) is 0 Å². The van der Waals surface area contributed by atoms with Crippen LogP contribution < -0.4 is 5.73 Å². The lowest BCUT2D eigenvalue weighted by molar-refractivity contribution is 0.172. The quantitative estimate of drug-likeness (QED) is 0.703. The molecule has 0 aromatic heterocycles. The van der Waals surface area contributed by atoms with Crippen molar-refractivity contribution in [3.63, 3.8) is 0 Å². The zero-order valence-corrected chi connectivity index (χ0v) is 8.93. The van der Waals surface area contributed by atoms with Gasteiger partial charge >= 0.3 is 0 Å². The summed E-state index contributed by atoms with van der Waals surface area (Å²) < 4.78 is 27.7. The van der Waals surface area contributed by atoms with E-state index in [2.05, 4.69) is 0 Å². The third-order valence-electron chi connectivity index (χ3n) is 2.60. The van der Waals surface area contributed by atoms with Crippen LogP contribution in [0.4, 0.5) is 0 Å². The second-order valence-corrected chi connectivity index (χ2v) is 6.35. The highest BCUT2D eigenvalue weighted by Crippen LogP contribution is 2.29. The maximum absolute atomic E-state index is 11.4. The van der Waals surface area contributed by atoms with Crippen molar-refractivity contribution in [2.45, 2.75) is 30.6 Å². The molecule has 1 saturated heterocycles. The second-order valence-electron chi connectivity index (χ2n) is 3.93. The molecule has 5 heteroatoms. The Morgan fingerprint density at radius 1 is 1.62 bits per heavy atom. The van der Waals surface area contributed by atoms with Crippen LogP contribution in [-0.4, -0.2) is 38.7 Å². The minimum atomic E-state index is -2.94. The van der Waals surface area contributed by atoms with Crippen LogP contribution in [0.3, 0.4) is 0 Å². The minimum Gasteiger partial charge on any atom is -0.385 e. The molecule has 0 aromatic carbocycles. The zero-order valence-electron chi connectivity index (χ0n) is 8.12. The second kappa shape index (κ2) is 3.55. The molecular formula is C8H17NO3S. The van der Waals surface area contributed by atoms with E-state index in [4.69, 9.17) is 10.5 Å². The number of hydrogen-bond acceptors (Lipinski definition) is 4. The van der Waals surface area contributed by atoms with E-state index in [9.17, 15) is 8.42 Å². The van der Waals surface area contributed by atoms with Gasteiger partial charge in [-0.05, 0) is 19.8 Å². The first kappa shape index (κ1) is 10.9. The molecule has 1 rings (SSSR count). The molecule has 2 atom stereocenters. The fraction of sp³-hybridized carbons (Fsp3) is 1.00. The van der Waals surface area contributed by atoms with Crippen LogP contribution in [0.5, 0.6) is 0 Å². The Hall–Kier alpha value is -0.130. The van der Waals surface area contributed by atoms with Crippen LogP contribution in [0.1, 0.15) is 19.8 Å². The van der Waals surface area contributed by atoms with Gasteiger partial charge in [0, 0.05) is 19.3 Å². The number of sulfone groups is 1. The average Bonchev–Trinajstić information content (AvgIpc) is 2.18. The molecule has 0 radical (unpaired) electrons. The fourth-order valence-corrected chi connectivity index (χ4v) is 3.71. The molecule has 78 valence electrons. The van der Waals surface area contributed by atoms with Gasteiger partial charge < -0.3 is 10.5 Å². The average molecular weight is 207 g/mol. The first-order valence-corrected chi connectivity index (χ1v) is 6.10. The lowest BCUT2D eigenvalue weighted by Crippen LogP contribution is -2.42. The van der Waals surface area contributed by atoms with Gasteiger partial charge in [-0.2, -0.15) is 0 Å². The summed E-state index contributed by atoms with van der Waals surface area (Å²) in [6.07, 6.45) is 1.17. The van der Waals surface area contributed by atoms with Gasteiger partial charge in [0.15, 0.2) is 9.84 Å². The van der Waals surface area contributed by atoms with Crippen LogP contribution in [0, 0.1) is 0 Å². The Labute approximate surface area is 79.4 Å². The Morgan fingerprint density at radius 3 is 2.62 bits per heavy atom. The SMILES string of the molecule is COCCC1(N)CC(C)S(=O)(=O)C1. The van der Waals surface area contributed by atoms with Crippen LogP contribution >= 0.6 is 0 Å². The molecule has 1 heterocycles. The van der Waals surface area contributed by atoms with Crippen molar-refractivity contribution in [1.29, 1.82) is 0 Å². The van der Waals surface area contributed by atoms with Crippen molar-refractivity contribution in [3.8, 4) is 0 Å². The molecule has 0 spiro atoms. The summed E-state index contributed by atoms with van der Waals surface area (Å²) in [5.41, 5.74) is 5.39. The van der Waals surface area contributed by atoms with Gasteiger partial charge in [-0.25, -0.2) is 8.42 Å². The Bertz CT molecular complexity index is 275. The normalized spacial score (nSPS) is 37.9. The minimum absolute atomic E-state index is 0.102. The number of ether oxygens (including phenoxy) is 1. The molecule has 0 saturated carbocycles. The first-order valence-electron chi connectivity index (χ1n) is 4.39. The summed E-state index contributed by atoms with van der Waals surface area (Å²) in [5, 5.41) is -0.297. The summed E-state index contributed by atoms with van der Waals surface area (Å²) in [7, 11) is -1.35. The van der Waals surface area contributed by atoms with Gasteiger partial charge in [0.2, 0.25) is 0 Å². The highest BCUT2D eigenvalue weighted by atomic mass is 32.2. The van der Waals surface area contributed by atoms with Gasteiger partial charge in [-0.3, -0.25) is 0 Å². The van der Waals surface area contributed by atoms with E-state index in [0.29, 0.717) is 19.4 Å². The molecule has 0 aromatic rings. The molecule has 4 nitrogen and oxygen atoms in total. The molecule has 1 fully saturated rings. The number of nitrogens with two attached hydrogens (primary N) is 1. The summed E-state index contributed by atoms with van der Waals surface area (Å²) in [4.78, 5) is 0. The highest BCUT2D eigenvalue weighted by Gasteiger charge is 2.43. The summed E-state index contributed by atoms with van der Waals surface area (Å²) in [6.45, 7) is 2.25. The van der Waals surface area contributed by atoms with Crippen molar-refractivity contribution in [1.82, 2.24) is 0 Å². The van der Waals surface area contributed by atoms with Gasteiger partial charge in [0.1, 0.15) is 0 Å². The lowest BCUT2D eigenvalue weighted by atomic mass is 9.94. The van der Waals surface area contributed by atoms with Crippen molar-refractivity contribution < 1.29 is 13.2 Å². The van der Waals surface area contributed by atoms with E-state index < -0.39 is 15.4 Å². The third kappa shape index (κ3) is 2.42. The summed E-state index contributed by atoms with van der Waals surface area (Å²) >= 11 is 0. The molecule has 1 aliphatic heterocycles. The van der Waals surface area contributed by atoms with Crippen LogP contribution in [0.15, 0.2) is 0 Å². The maximum Gasteiger partial charge on any atom is 0.154 e. The van der Waals surface area contributed by atoms with E-state index in [1.807, 2.05) is 0 Å². The molecular weight excluding hydrogens is 190 g/mol. The van der Waals surface area contributed by atoms with E-state index in [-0.39, 0.29) is 11.0 Å². The van der Waals surface area contributed by atoms with Crippen LogP contribution in [0.2, 0.25) is 0 Å². The zero-order chi connectivity index (χ0) is 10.1. The molecule has 0 bridgehead atoms. The highest BCUT2D eigenvalue weighted by molar-refractivity contribution is 7.92. The van der Waals surface area contributed by atoms with E-state index in [1.54, 1.807) is 14.0 Å². The molecule has 2 N–H and O–H groups in total.